The van der Waals surface area contributed by atoms with Gasteiger partial charge in [0.1, 0.15) is 11.6 Å². The number of fused-ring (bicyclic) bond motifs is 1. The number of anilines is 2. The Hall–Kier alpha value is -2.56. The number of rotatable bonds is 3. The first-order valence-electron chi connectivity index (χ1n) is 6.10. The van der Waals surface area contributed by atoms with Crippen LogP contribution in [0.3, 0.4) is 0 Å². The Morgan fingerprint density at radius 3 is 2.84 bits per heavy atom. The summed E-state index contributed by atoms with van der Waals surface area (Å²) in [6.45, 7) is 0.616. The van der Waals surface area contributed by atoms with Gasteiger partial charge in [0.15, 0.2) is 0 Å². The number of para-hydroxylation sites is 1. The first-order valence-corrected chi connectivity index (χ1v) is 6.10. The van der Waals surface area contributed by atoms with E-state index >= 15 is 0 Å². The molecule has 0 fully saturated rings. The summed E-state index contributed by atoms with van der Waals surface area (Å²) in [5.41, 5.74) is 7.85. The molecule has 0 aliphatic heterocycles. The van der Waals surface area contributed by atoms with Gasteiger partial charge in [0.2, 0.25) is 0 Å². The Bertz CT molecular complexity index is 717. The molecule has 0 unspecified atom stereocenters. The number of aromatic nitrogens is 3. The number of nitrogen functional groups attached to an aromatic ring is 1. The summed E-state index contributed by atoms with van der Waals surface area (Å²) >= 11 is 0. The molecule has 3 rings (SSSR count). The first-order chi connectivity index (χ1) is 9.24. The number of nitrogens with two attached hydrogens (primary N) is 1. The number of aryl methyl sites for hydroxylation is 1. The molecule has 19 heavy (non-hydrogen) atoms. The van der Waals surface area contributed by atoms with Crippen molar-refractivity contribution in [1.82, 2.24) is 14.8 Å². The number of hydrogen-bond donors (Lipinski definition) is 2. The van der Waals surface area contributed by atoms with Crippen LogP contribution in [0.1, 0.15) is 5.56 Å². The predicted molar refractivity (Wildman–Crippen MR) is 76.7 cm³/mol. The van der Waals surface area contributed by atoms with Crippen LogP contribution in [-0.2, 0) is 13.6 Å². The standard InChI is InChI=1S/C14H15N5/c1-19-14(15)11(9-17-19)8-16-13-7-6-10-4-2-3-5-12(10)18-13/h2-7,9H,8,15H2,1H3,(H,16,18). The second-order valence-corrected chi connectivity index (χ2v) is 4.42. The quantitative estimate of drug-likeness (QED) is 0.750. The van der Waals surface area contributed by atoms with Gasteiger partial charge in [-0.1, -0.05) is 18.2 Å². The van der Waals surface area contributed by atoms with E-state index < -0.39 is 0 Å². The zero-order chi connectivity index (χ0) is 13.2. The third-order valence-corrected chi connectivity index (χ3v) is 3.12. The fourth-order valence-corrected chi connectivity index (χ4v) is 1.98. The van der Waals surface area contributed by atoms with Gasteiger partial charge in [0, 0.05) is 24.5 Å². The molecule has 0 aliphatic carbocycles. The molecule has 0 saturated carbocycles. The second kappa shape index (κ2) is 4.61. The van der Waals surface area contributed by atoms with Crippen molar-refractivity contribution in [3.05, 3.63) is 48.2 Å². The maximum atomic E-state index is 5.90. The minimum atomic E-state index is 0.616. The molecule has 0 amide bonds. The molecule has 0 bridgehead atoms. The van der Waals surface area contributed by atoms with Crippen molar-refractivity contribution in [2.45, 2.75) is 6.54 Å². The van der Waals surface area contributed by atoms with Crippen molar-refractivity contribution in [1.29, 1.82) is 0 Å². The highest BCUT2D eigenvalue weighted by Crippen LogP contribution is 2.16. The highest BCUT2D eigenvalue weighted by Gasteiger charge is 2.04. The molecule has 96 valence electrons. The normalized spacial score (nSPS) is 10.8. The molecule has 0 atom stereocenters. The van der Waals surface area contributed by atoms with Crippen molar-refractivity contribution >= 4 is 22.5 Å². The molecule has 0 spiro atoms. The highest BCUT2D eigenvalue weighted by molar-refractivity contribution is 5.80. The SMILES string of the molecule is Cn1ncc(CNc2ccc3ccccc3n2)c1N. The Morgan fingerprint density at radius 1 is 1.21 bits per heavy atom. The van der Waals surface area contributed by atoms with Crippen molar-refractivity contribution in [3.8, 4) is 0 Å². The highest BCUT2D eigenvalue weighted by atomic mass is 15.3. The van der Waals surface area contributed by atoms with Crippen LogP contribution in [0, 0.1) is 0 Å². The van der Waals surface area contributed by atoms with E-state index in [9.17, 15) is 0 Å². The van der Waals surface area contributed by atoms with E-state index in [4.69, 9.17) is 5.73 Å². The monoisotopic (exact) mass is 253 g/mol. The molecule has 0 radical (unpaired) electrons. The molecule has 2 aromatic heterocycles. The van der Waals surface area contributed by atoms with Crippen molar-refractivity contribution in [2.24, 2.45) is 7.05 Å². The maximum Gasteiger partial charge on any atom is 0.126 e. The summed E-state index contributed by atoms with van der Waals surface area (Å²) in [6, 6.07) is 12.1. The van der Waals surface area contributed by atoms with E-state index in [-0.39, 0.29) is 0 Å². The van der Waals surface area contributed by atoms with E-state index in [1.54, 1.807) is 10.9 Å². The molecule has 1 aromatic carbocycles. The molecule has 5 heteroatoms. The lowest BCUT2D eigenvalue weighted by Gasteiger charge is -2.06. The molecular formula is C14H15N5. The zero-order valence-electron chi connectivity index (χ0n) is 10.7. The molecular weight excluding hydrogens is 238 g/mol. The third kappa shape index (κ3) is 2.22. The van der Waals surface area contributed by atoms with Crippen LogP contribution in [-0.4, -0.2) is 14.8 Å². The summed E-state index contributed by atoms with van der Waals surface area (Å²) in [5, 5.41) is 8.51. The summed E-state index contributed by atoms with van der Waals surface area (Å²) in [6.07, 6.45) is 1.77. The van der Waals surface area contributed by atoms with Crippen LogP contribution in [0.5, 0.6) is 0 Å². The van der Waals surface area contributed by atoms with Gasteiger partial charge >= 0.3 is 0 Å². The largest absolute Gasteiger partial charge is 0.384 e. The zero-order valence-corrected chi connectivity index (χ0v) is 10.7. The van der Waals surface area contributed by atoms with Crippen LogP contribution in [0.15, 0.2) is 42.6 Å². The van der Waals surface area contributed by atoms with Gasteiger partial charge in [0.05, 0.1) is 11.7 Å². The summed E-state index contributed by atoms with van der Waals surface area (Å²) in [5.74, 6) is 1.51. The minimum Gasteiger partial charge on any atom is -0.384 e. The lowest BCUT2D eigenvalue weighted by atomic mass is 10.2. The first kappa shape index (κ1) is 11.5. The fourth-order valence-electron chi connectivity index (χ4n) is 1.98. The molecule has 2 heterocycles. The number of pyridine rings is 1. The van der Waals surface area contributed by atoms with Crippen LogP contribution < -0.4 is 11.1 Å². The fraction of sp³-hybridized carbons (Fsp3) is 0.143. The van der Waals surface area contributed by atoms with Gasteiger partial charge in [-0.25, -0.2) is 4.98 Å². The predicted octanol–water partition coefficient (Wildman–Crippen LogP) is 2.16. The molecule has 5 nitrogen and oxygen atoms in total. The molecule has 3 aromatic rings. The third-order valence-electron chi connectivity index (χ3n) is 3.12. The smallest absolute Gasteiger partial charge is 0.126 e. The van der Waals surface area contributed by atoms with E-state index in [2.05, 4.69) is 21.5 Å². The van der Waals surface area contributed by atoms with Crippen molar-refractivity contribution in [2.75, 3.05) is 11.1 Å². The summed E-state index contributed by atoms with van der Waals surface area (Å²) in [7, 11) is 1.83. The van der Waals surface area contributed by atoms with Crippen LogP contribution in [0.2, 0.25) is 0 Å². The van der Waals surface area contributed by atoms with Gasteiger partial charge in [-0.3, -0.25) is 4.68 Å². The van der Waals surface area contributed by atoms with E-state index in [1.165, 1.54) is 0 Å². The number of nitrogens with zero attached hydrogens (tertiary/aromatic N) is 3. The summed E-state index contributed by atoms with van der Waals surface area (Å²) < 4.78 is 1.66. The summed E-state index contributed by atoms with van der Waals surface area (Å²) in [4.78, 5) is 4.55. The average Bonchev–Trinajstić information content (AvgIpc) is 2.76. The lowest BCUT2D eigenvalue weighted by Crippen LogP contribution is -2.04. The lowest BCUT2D eigenvalue weighted by molar-refractivity contribution is 0.778. The van der Waals surface area contributed by atoms with Gasteiger partial charge in [0.25, 0.3) is 0 Å². The average molecular weight is 253 g/mol. The van der Waals surface area contributed by atoms with E-state index in [1.807, 2.05) is 37.4 Å². The van der Waals surface area contributed by atoms with E-state index in [0.717, 1.165) is 22.3 Å². The Balaban J connectivity index is 1.80. The van der Waals surface area contributed by atoms with Gasteiger partial charge in [-0.05, 0) is 18.2 Å². The number of hydrogen-bond acceptors (Lipinski definition) is 4. The molecule has 0 aliphatic rings. The Labute approximate surface area is 111 Å². The van der Waals surface area contributed by atoms with Gasteiger partial charge in [-0.2, -0.15) is 5.10 Å². The second-order valence-electron chi connectivity index (χ2n) is 4.42. The van der Waals surface area contributed by atoms with Gasteiger partial charge in [-0.15, -0.1) is 0 Å². The Kier molecular flexibility index (Phi) is 2.79. The minimum absolute atomic E-state index is 0.616. The van der Waals surface area contributed by atoms with Crippen molar-refractivity contribution in [3.63, 3.8) is 0 Å². The van der Waals surface area contributed by atoms with Crippen molar-refractivity contribution < 1.29 is 0 Å². The maximum absolute atomic E-state index is 5.90. The number of nitrogens with one attached hydrogen (secondary N) is 1. The van der Waals surface area contributed by atoms with Crippen LogP contribution in [0.4, 0.5) is 11.6 Å². The number of benzene rings is 1. The topological polar surface area (TPSA) is 68.8 Å². The van der Waals surface area contributed by atoms with Gasteiger partial charge < -0.3 is 11.1 Å². The molecule has 3 N–H and O–H groups in total. The van der Waals surface area contributed by atoms with E-state index in [0.29, 0.717) is 12.4 Å². The molecule has 0 saturated heterocycles. The van der Waals surface area contributed by atoms with Crippen LogP contribution in [0.25, 0.3) is 10.9 Å². The van der Waals surface area contributed by atoms with Crippen LogP contribution >= 0.6 is 0 Å². The Morgan fingerprint density at radius 2 is 2.05 bits per heavy atom.